The van der Waals surface area contributed by atoms with Crippen LogP contribution in [0.2, 0.25) is 0 Å². The summed E-state index contributed by atoms with van der Waals surface area (Å²) in [5.41, 5.74) is 7.98. The van der Waals surface area contributed by atoms with Crippen molar-refractivity contribution in [1.82, 2.24) is 0 Å². The summed E-state index contributed by atoms with van der Waals surface area (Å²) in [6.07, 6.45) is 3.58. The summed E-state index contributed by atoms with van der Waals surface area (Å²) >= 11 is 0. The van der Waals surface area contributed by atoms with E-state index in [4.69, 9.17) is 5.73 Å². The van der Waals surface area contributed by atoms with Crippen molar-refractivity contribution in [2.45, 2.75) is 53.0 Å². The van der Waals surface area contributed by atoms with E-state index < -0.39 is 0 Å². The molecule has 1 saturated heterocycles. The van der Waals surface area contributed by atoms with E-state index in [-0.39, 0.29) is 11.9 Å². The first-order valence-electron chi connectivity index (χ1n) is 8.09. The summed E-state index contributed by atoms with van der Waals surface area (Å²) in [6.45, 7) is 10.8. The summed E-state index contributed by atoms with van der Waals surface area (Å²) in [5, 5.41) is 0. The van der Waals surface area contributed by atoms with E-state index >= 15 is 0 Å². The number of hydrogen-bond donors (Lipinski definition) is 1. The third-order valence-electron chi connectivity index (χ3n) is 4.78. The van der Waals surface area contributed by atoms with Gasteiger partial charge in [-0.25, -0.2) is 4.39 Å². The summed E-state index contributed by atoms with van der Waals surface area (Å²) in [7, 11) is 0. The summed E-state index contributed by atoms with van der Waals surface area (Å²) < 4.78 is 14.1. The number of halogens is 1. The molecule has 0 aliphatic carbocycles. The zero-order chi connectivity index (χ0) is 15.6. The summed E-state index contributed by atoms with van der Waals surface area (Å²) in [4.78, 5) is 2.33. The Labute approximate surface area is 128 Å². The Morgan fingerprint density at radius 3 is 2.57 bits per heavy atom. The van der Waals surface area contributed by atoms with Crippen LogP contribution in [0.5, 0.6) is 0 Å². The van der Waals surface area contributed by atoms with Crippen LogP contribution in [0.4, 0.5) is 10.1 Å². The third kappa shape index (κ3) is 3.76. The lowest BCUT2D eigenvalue weighted by atomic mass is 9.77. The zero-order valence-electron chi connectivity index (χ0n) is 13.8. The van der Waals surface area contributed by atoms with E-state index in [1.165, 1.54) is 18.9 Å². The van der Waals surface area contributed by atoms with Crippen molar-refractivity contribution in [2.24, 2.45) is 17.1 Å². The second kappa shape index (κ2) is 6.35. The van der Waals surface area contributed by atoms with Gasteiger partial charge in [0, 0.05) is 30.4 Å². The molecule has 118 valence electrons. The van der Waals surface area contributed by atoms with Gasteiger partial charge in [0.05, 0.1) is 0 Å². The van der Waals surface area contributed by atoms with Crippen molar-refractivity contribution in [3.05, 3.63) is 29.6 Å². The van der Waals surface area contributed by atoms with Crippen LogP contribution in [0.1, 0.15) is 58.6 Å². The molecule has 0 spiro atoms. The Bertz CT molecular complexity index is 477. The Kier molecular flexibility index (Phi) is 4.92. The third-order valence-corrected chi connectivity index (χ3v) is 4.78. The van der Waals surface area contributed by atoms with E-state index in [1.807, 2.05) is 13.0 Å². The number of rotatable bonds is 2. The van der Waals surface area contributed by atoms with Gasteiger partial charge in [0.1, 0.15) is 5.82 Å². The fourth-order valence-electron chi connectivity index (χ4n) is 3.46. The molecule has 1 unspecified atom stereocenters. The number of benzene rings is 1. The Morgan fingerprint density at radius 1 is 1.24 bits per heavy atom. The zero-order valence-corrected chi connectivity index (χ0v) is 13.8. The molecule has 1 aliphatic heterocycles. The predicted molar refractivity (Wildman–Crippen MR) is 88.0 cm³/mol. The molecule has 1 heterocycles. The average molecular weight is 292 g/mol. The maximum Gasteiger partial charge on any atom is 0.130 e. The van der Waals surface area contributed by atoms with Gasteiger partial charge in [-0.1, -0.05) is 26.8 Å². The van der Waals surface area contributed by atoms with Crippen LogP contribution in [-0.2, 0) is 0 Å². The predicted octanol–water partition coefficient (Wildman–Crippen LogP) is 4.50. The summed E-state index contributed by atoms with van der Waals surface area (Å²) in [5.74, 6) is 0.550. The molecular weight excluding hydrogens is 263 g/mol. The Morgan fingerprint density at radius 2 is 1.95 bits per heavy atom. The smallest absolute Gasteiger partial charge is 0.130 e. The number of nitrogens with two attached hydrogens (primary N) is 1. The van der Waals surface area contributed by atoms with Gasteiger partial charge in [-0.2, -0.15) is 0 Å². The van der Waals surface area contributed by atoms with Crippen molar-refractivity contribution in [3.63, 3.8) is 0 Å². The maximum absolute atomic E-state index is 14.1. The van der Waals surface area contributed by atoms with Crippen LogP contribution in [0.25, 0.3) is 0 Å². The summed E-state index contributed by atoms with van der Waals surface area (Å²) in [6, 6.07) is 5.04. The fraction of sp³-hybridized carbons (Fsp3) is 0.667. The Hall–Kier alpha value is -1.09. The standard InChI is InChI=1S/C18H29FN2/c1-13(20)17-15(19)8-5-9-16(17)21-11-6-7-14(10-12-21)18(2,3)4/h5,8-9,13-14H,6-7,10-12,20H2,1-4H3/t13-,14?/m1/s1. The molecule has 0 radical (unpaired) electrons. The molecule has 0 aromatic heterocycles. The van der Waals surface area contributed by atoms with Gasteiger partial charge in [0.2, 0.25) is 0 Å². The number of anilines is 1. The quantitative estimate of drug-likeness (QED) is 0.869. The molecule has 1 fully saturated rings. The van der Waals surface area contributed by atoms with E-state index in [0.29, 0.717) is 11.0 Å². The van der Waals surface area contributed by atoms with Gasteiger partial charge in [0.25, 0.3) is 0 Å². The molecule has 2 rings (SSSR count). The SMILES string of the molecule is C[C@@H](N)c1c(F)cccc1N1CCCC(C(C)(C)C)CC1. The molecule has 21 heavy (non-hydrogen) atoms. The molecule has 1 aromatic carbocycles. The number of hydrogen-bond acceptors (Lipinski definition) is 2. The van der Waals surface area contributed by atoms with Crippen LogP contribution in [-0.4, -0.2) is 13.1 Å². The second-order valence-electron chi connectivity index (χ2n) is 7.44. The molecule has 3 heteroatoms. The van der Waals surface area contributed by atoms with Crippen molar-refractivity contribution >= 4 is 5.69 Å². The van der Waals surface area contributed by atoms with Gasteiger partial charge in [0.15, 0.2) is 0 Å². The highest BCUT2D eigenvalue weighted by molar-refractivity contribution is 5.55. The first-order chi connectivity index (χ1) is 9.80. The van der Waals surface area contributed by atoms with Gasteiger partial charge >= 0.3 is 0 Å². The van der Waals surface area contributed by atoms with Gasteiger partial charge in [-0.05, 0) is 49.7 Å². The first-order valence-corrected chi connectivity index (χ1v) is 8.09. The minimum atomic E-state index is -0.275. The van der Waals surface area contributed by atoms with Crippen molar-refractivity contribution in [1.29, 1.82) is 0 Å². The molecule has 2 nitrogen and oxygen atoms in total. The lowest BCUT2D eigenvalue weighted by molar-refractivity contribution is 0.220. The molecule has 0 saturated carbocycles. The van der Waals surface area contributed by atoms with Crippen LogP contribution in [0, 0.1) is 17.2 Å². The highest BCUT2D eigenvalue weighted by atomic mass is 19.1. The average Bonchev–Trinajstić information content (AvgIpc) is 2.63. The maximum atomic E-state index is 14.1. The van der Waals surface area contributed by atoms with Gasteiger partial charge < -0.3 is 10.6 Å². The minimum Gasteiger partial charge on any atom is -0.371 e. The normalized spacial score (nSPS) is 22.0. The largest absolute Gasteiger partial charge is 0.371 e. The van der Waals surface area contributed by atoms with E-state index in [9.17, 15) is 4.39 Å². The highest BCUT2D eigenvalue weighted by Gasteiger charge is 2.28. The fourth-order valence-corrected chi connectivity index (χ4v) is 3.46. The molecule has 2 atom stereocenters. The van der Waals surface area contributed by atoms with E-state index in [0.717, 1.165) is 31.1 Å². The van der Waals surface area contributed by atoms with E-state index in [1.54, 1.807) is 6.07 Å². The molecule has 1 aliphatic rings. The Balaban J connectivity index is 2.22. The monoisotopic (exact) mass is 292 g/mol. The van der Waals surface area contributed by atoms with Gasteiger partial charge in [-0.15, -0.1) is 0 Å². The van der Waals surface area contributed by atoms with Crippen molar-refractivity contribution in [3.8, 4) is 0 Å². The topological polar surface area (TPSA) is 29.3 Å². The van der Waals surface area contributed by atoms with Crippen LogP contribution in [0.3, 0.4) is 0 Å². The molecule has 2 N–H and O–H groups in total. The molecular formula is C18H29FN2. The second-order valence-corrected chi connectivity index (χ2v) is 7.44. The van der Waals surface area contributed by atoms with Crippen LogP contribution < -0.4 is 10.6 Å². The minimum absolute atomic E-state index is 0.181. The van der Waals surface area contributed by atoms with Gasteiger partial charge in [-0.3, -0.25) is 0 Å². The van der Waals surface area contributed by atoms with Crippen LogP contribution in [0.15, 0.2) is 18.2 Å². The van der Waals surface area contributed by atoms with Crippen molar-refractivity contribution in [2.75, 3.05) is 18.0 Å². The molecule has 0 amide bonds. The molecule has 1 aromatic rings. The van der Waals surface area contributed by atoms with E-state index in [2.05, 4.69) is 25.7 Å². The lowest BCUT2D eigenvalue weighted by Crippen LogP contribution is -2.28. The number of nitrogens with zero attached hydrogens (tertiary/aromatic N) is 1. The first kappa shape index (κ1) is 16.3. The lowest BCUT2D eigenvalue weighted by Gasteiger charge is -2.30. The van der Waals surface area contributed by atoms with Crippen molar-refractivity contribution < 1.29 is 4.39 Å². The van der Waals surface area contributed by atoms with Crippen LogP contribution >= 0.6 is 0 Å². The highest BCUT2D eigenvalue weighted by Crippen LogP contribution is 2.36. The molecule has 0 bridgehead atoms.